The standard InChI is InChI=1S/C11H13N3O5S.C6H6O3S/c1-6(15)10(11(12)17)14-13-8-5-7(20(2,18)19)3-4-9(8)16;7-10(8,9)6-4-2-1-3-5-6/h3-5,10,16H,1-2H3,(H2,12,17);1-5H,(H,7,8,9). The van der Waals surface area contributed by atoms with Crippen LogP contribution in [0.2, 0.25) is 0 Å². The molecule has 30 heavy (non-hydrogen) atoms. The predicted molar refractivity (Wildman–Crippen MR) is 106 cm³/mol. The van der Waals surface area contributed by atoms with Gasteiger partial charge < -0.3 is 10.8 Å². The van der Waals surface area contributed by atoms with Gasteiger partial charge in [0.2, 0.25) is 6.04 Å². The molecule has 0 radical (unpaired) electrons. The summed E-state index contributed by atoms with van der Waals surface area (Å²) in [6.45, 7) is 1.11. The summed E-state index contributed by atoms with van der Waals surface area (Å²) in [5.74, 6) is -1.94. The highest BCUT2D eigenvalue weighted by molar-refractivity contribution is 7.90. The van der Waals surface area contributed by atoms with Crippen LogP contribution in [0.25, 0.3) is 0 Å². The van der Waals surface area contributed by atoms with Gasteiger partial charge in [-0.1, -0.05) is 18.2 Å². The number of Topliss-reactive ketones (excluding diaryl/α,β-unsaturated/α-hetero) is 1. The van der Waals surface area contributed by atoms with Crippen molar-refractivity contribution in [3.63, 3.8) is 0 Å². The number of benzene rings is 2. The highest BCUT2D eigenvalue weighted by Gasteiger charge is 2.20. The van der Waals surface area contributed by atoms with Crippen molar-refractivity contribution in [2.45, 2.75) is 22.8 Å². The number of phenols is 1. The molecular weight excluding hydrogens is 438 g/mol. The molecule has 0 fully saturated rings. The number of aromatic hydroxyl groups is 1. The molecule has 0 aromatic heterocycles. The van der Waals surface area contributed by atoms with Crippen molar-refractivity contribution in [3.8, 4) is 5.75 Å². The van der Waals surface area contributed by atoms with Crippen molar-refractivity contribution in [2.75, 3.05) is 6.26 Å². The van der Waals surface area contributed by atoms with Crippen LogP contribution in [0.3, 0.4) is 0 Å². The van der Waals surface area contributed by atoms with Crippen molar-refractivity contribution in [3.05, 3.63) is 48.5 Å². The Labute approximate surface area is 172 Å². The van der Waals surface area contributed by atoms with Gasteiger partial charge in [0.25, 0.3) is 16.0 Å². The largest absolute Gasteiger partial charge is 0.506 e. The molecule has 162 valence electrons. The summed E-state index contributed by atoms with van der Waals surface area (Å²) in [7, 11) is -7.49. The summed E-state index contributed by atoms with van der Waals surface area (Å²) in [4.78, 5) is 21.9. The summed E-state index contributed by atoms with van der Waals surface area (Å²) in [6.07, 6.45) is 0.988. The molecule has 0 heterocycles. The first-order valence-electron chi connectivity index (χ1n) is 7.99. The molecule has 2 aromatic carbocycles. The molecule has 1 unspecified atom stereocenters. The molecule has 11 nitrogen and oxygen atoms in total. The fraction of sp³-hybridized carbons (Fsp3) is 0.176. The molecule has 2 rings (SSSR count). The van der Waals surface area contributed by atoms with Gasteiger partial charge in [0.15, 0.2) is 15.6 Å². The van der Waals surface area contributed by atoms with Crippen molar-refractivity contribution in [1.29, 1.82) is 0 Å². The van der Waals surface area contributed by atoms with Gasteiger partial charge in [0.05, 0.1) is 9.79 Å². The smallest absolute Gasteiger partial charge is 0.294 e. The van der Waals surface area contributed by atoms with E-state index >= 15 is 0 Å². The third kappa shape index (κ3) is 7.69. The summed E-state index contributed by atoms with van der Waals surface area (Å²) >= 11 is 0. The Morgan fingerprint density at radius 3 is 1.97 bits per heavy atom. The number of hydrogen-bond donors (Lipinski definition) is 3. The Hall–Kier alpha value is -3.16. The van der Waals surface area contributed by atoms with E-state index in [4.69, 9.17) is 10.3 Å². The SMILES string of the molecule is CC(=O)C(N=Nc1cc(S(C)(=O)=O)ccc1O)C(N)=O.O=S(=O)(O)c1ccccc1. The molecule has 0 saturated heterocycles. The lowest BCUT2D eigenvalue weighted by Crippen LogP contribution is -2.32. The average Bonchev–Trinajstić information content (AvgIpc) is 2.62. The van der Waals surface area contributed by atoms with Crippen LogP contribution in [0.15, 0.2) is 68.6 Å². The number of phenolic OH excluding ortho intramolecular Hbond substituents is 1. The number of sulfone groups is 1. The lowest BCUT2D eigenvalue weighted by molar-refractivity contribution is -0.127. The van der Waals surface area contributed by atoms with Gasteiger partial charge >= 0.3 is 0 Å². The molecule has 0 aliphatic carbocycles. The number of nitrogens with two attached hydrogens (primary N) is 1. The molecule has 2 aromatic rings. The average molecular weight is 457 g/mol. The number of ketones is 1. The fourth-order valence-corrected chi connectivity index (χ4v) is 3.01. The quantitative estimate of drug-likeness (QED) is 0.327. The zero-order chi connectivity index (χ0) is 23.1. The maximum Gasteiger partial charge on any atom is 0.294 e. The molecule has 1 atom stereocenters. The first-order valence-corrected chi connectivity index (χ1v) is 11.3. The Morgan fingerprint density at radius 2 is 1.57 bits per heavy atom. The van der Waals surface area contributed by atoms with Gasteiger partial charge in [-0.05, 0) is 37.3 Å². The van der Waals surface area contributed by atoms with E-state index in [1.807, 2.05) is 0 Å². The van der Waals surface area contributed by atoms with Crippen molar-refractivity contribution in [2.24, 2.45) is 16.0 Å². The molecule has 0 saturated carbocycles. The minimum Gasteiger partial charge on any atom is -0.506 e. The second-order valence-corrected chi connectivity index (χ2v) is 9.28. The Bertz CT molecular complexity index is 1150. The zero-order valence-corrected chi connectivity index (χ0v) is 17.5. The molecule has 0 aliphatic rings. The van der Waals surface area contributed by atoms with E-state index in [1.54, 1.807) is 18.2 Å². The molecule has 0 bridgehead atoms. The minimum atomic E-state index is -4.00. The fourth-order valence-electron chi connectivity index (χ4n) is 1.86. The third-order valence-corrected chi connectivity index (χ3v) is 5.33. The summed E-state index contributed by atoms with van der Waals surface area (Å²) in [6, 6.07) is 9.34. The van der Waals surface area contributed by atoms with Crippen LogP contribution in [0, 0.1) is 0 Å². The minimum absolute atomic E-state index is 0.0741. The van der Waals surface area contributed by atoms with Crippen LogP contribution in [-0.4, -0.2) is 50.5 Å². The normalized spacial score (nSPS) is 12.6. The number of amides is 1. The van der Waals surface area contributed by atoms with E-state index in [0.29, 0.717) is 0 Å². The number of rotatable bonds is 6. The molecular formula is C17H19N3O8S2. The van der Waals surface area contributed by atoms with Crippen LogP contribution >= 0.6 is 0 Å². The van der Waals surface area contributed by atoms with Crippen molar-refractivity contribution >= 4 is 37.3 Å². The van der Waals surface area contributed by atoms with E-state index in [2.05, 4.69) is 10.2 Å². The lowest BCUT2D eigenvalue weighted by atomic mass is 10.2. The number of hydrogen-bond acceptors (Lipinski definition) is 9. The number of carbonyl (C=O) groups excluding carboxylic acids is 2. The third-order valence-electron chi connectivity index (χ3n) is 3.35. The number of azo groups is 1. The predicted octanol–water partition coefficient (Wildman–Crippen LogP) is 1.26. The Morgan fingerprint density at radius 1 is 1.00 bits per heavy atom. The summed E-state index contributed by atoms with van der Waals surface area (Å²) in [5.41, 5.74) is 4.79. The number of primary amides is 1. The molecule has 4 N–H and O–H groups in total. The van der Waals surface area contributed by atoms with Gasteiger partial charge in [-0.3, -0.25) is 14.1 Å². The van der Waals surface area contributed by atoms with Crippen LogP contribution in [-0.2, 0) is 29.5 Å². The monoisotopic (exact) mass is 457 g/mol. The van der Waals surface area contributed by atoms with Gasteiger partial charge in [-0.15, -0.1) is 0 Å². The van der Waals surface area contributed by atoms with Gasteiger partial charge in [0.1, 0.15) is 11.4 Å². The second kappa shape index (κ2) is 10.0. The van der Waals surface area contributed by atoms with Crippen molar-refractivity contribution in [1.82, 2.24) is 0 Å². The molecule has 0 aliphatic heterocycles. The summed E-state index contributed by atoms with van der Waals surface area (Å²) in [5, 5.41) is 16.5. The zero-order valence-electron chi connectivity index (χ0n) is 15.8. The molecule has 0 spiro atoms. The summed E-state index contributed by atoms with van der Waals surface area (Å²) < 4.78 is 52.0. The van der Waals surface area contributed by atoms with Crippen LogP contribution in [0.4, 0.5) is 5.69 Å². The van der Waals surface area contributed by atoms with E-state index in [1.165, 1.54) is 18.2 Å². The van der Waals surface area contributed by atoms with E-state index < -0.39 is 37.7 Å². The van der Waals surface area contributed by atoms with E-state index in [9.17, 15) is 31.5 Å². The molecule has 1 amide bonds. The Kier molecular flexibility index (Phi) is 8.33. The topological polar surface area (TPSA) is 194 Å². The highest BCUT2D eigenvalue weighted by Crippen LogP contribution is 2.29. The maximum absolute atomic E-state index is 11.4. The van der Waals surface area contributed by atoms with Crippen LogP contribution < -0.4 is 5.73 Å². The first kappa shape index (κ1) is 24.9. The van der Waals surface area contributed by atoms with Crippen LogP contribution in [0.5, 0.6) is 5.75 Å². The maximum atomic E-state index is 11.4. The van der Waals surface area contributed by atoms with E-state index in [0.717, 1.165) is 25.3 Å². The Balaban J connectivity index is 0.000000375. The number of carbonyl (C=O) groups is 2. The molecule has 13 heteroatoms. The number of nitrogens with zero attached hydrogens (tertiary/aromatic N) is 2. The van der Waals surface area contributed by atoms with Gasteiger partial charge in [-0.25, -0.2) is 8.42 Å². The van der Waals surface area contributed by atoms with Crippen LogP contribution in [0.1, 0.15) is 6.92 Å². The van der Waals surface area contributed by atoms with Crippen molar-refractivity contribution < 1.29 is 36.1 Å². The lowest BCUT2D eigenvalue weighted by Gasteiger charge is -2.04. The second-order valence-electron chi connectivity index (χ2n) is 5.84. The van der Waals surface area contributed by atoms with Gasteiger partial charge in [-0.2, -0.15) is 18.6 Å². The highest BCUT2D eigenvalue weighted by atomic mass is 32.2. The van der Waals surface area contributed by atoms with E-state index in [-0.39, 0.29) is 21.2 Å². The van der Waals surface area contributed by atoms with Gasteiger partial charge in [0, 0.05) is 6.26 Å². The first-order chi connectivity index (χ1) is 13.7.